The van der Waals surface area contributed by atoms with Crippen molar-refractivity contribution in [3.63, 3.8) is 0 Å². The highest BCUT2D eigenvalue weighted by Crippen LogP contribution is 2.21. The monoisotopic (exact) mass is 261 g/mol. The van der Waals surface area contributed by atoms with E-state index >= 15 is 0 Å². The number of rotatable bonds is 4. The molecular weight excluding hydrogens is 246 g/mol. The van der Waals surface area contributed by atoms with E-state index in [1.165, 1.54) is 5.56 Å². The minimum atomic E-state index is 0.391. The molecule has 0 aliphatic carbocycles. The second-order valence-electron chi connectivity index (χ2n) is 4.10. The van der Waals surface area contributed by atoms with Crippen LogP contribution >= 0.6 is 11.6 Å². The van der Waals surface area contributed by atoms with Crippen LogP contribution in [0.1, 0.15) is 18.2 Å². The lowest BCUT2D eigenvalue weighted by Crippen LogP contribution is -2.12. The van der Waals surface area contributed by atoms with Crippen LogP contribution in [-0.4, -0.2) is 17.2 Å². The van der Waals surface area contributed by atoms with Gasteiger partial charge >= 0.3 is 0 Å². The molecule has 0 fully saturated rings. The van der Waals surface area contributed by atoms with Gasteiger partial charge in [-0.1, -0.05) is 19.1 Å². The molecule has 0 unspecified atom stereocenters. The first-order valence-corrected chi connectivity index (χ1v) is 6.49. The first kappa shape index (κ1) is 12.8. The Hall–Kier alpha value is -1.61. The summed E-state index contributed by atoms with van der Waals surface area (Å²) in [5.74, 6) is 1.20. The maximum Gasteiger partial charge on any atom is 0.155 e. The van der Waals surface area contributed by atoms with Crippen LogP contribution in [0.25, 0.3) is 0 Å². The normalized spacial score (nSPS) is 10.4. The van der Waals surface area contributed by atoms with Crippen molar-refractivity contribution < 1.29 is 0 Å². The Labute approximate surface area is 112 Å². The smallest absolute Gasteiger partial charge is 0.155 e. The Morgan fingerprint density at radius 3 is 2.28 bits per heavy atom. The number of hydrogen-bond acceptors (Lipinski definition) is 3. The lowest BCUT2D eigenvalue weighted by Gasteiger charge is -2.18. The Bertz CT molecular complexity index is 446. The predicted octanol–water partition coefficient (Wildman–Crippen LogP) is 3.55. The Balaban J connectivity index is 2.20. The molecule has 2 rings (SSSR count). The highest BCUT2D eigenvalue weighted by Gasteiger charge is 2.05. The van der Waals surface area contributed by atoms with Crippen molar-refractivity contribution >= 4 is 23.1 Å². The summed E-state index contributed by atoms with van der Waals surface area (Å²) in [6, 6.07) is 12.3. The van der Waals surface area contributed by atoms with E-state index in [1.807, 2.05) is 24.1 Å². The topological polar surface area (TPSA) is 29.0 Å². The molecule has 1 aromatic heterocycles. The molecule has 0 aliphatic heterocycles. The van der Waals surface area contributed by atoms with Gasteiger partial charge in [-0.2, -0.15) is 5.10 Å². The average Bonchev–Trinajstić information content (AvgIpc) is 2.47. The minimum Gasteiger partial charge on any atom is -0.328 e. The molecule has 0 saturated heterocycles. The van der Waals surface area contributed by atoms with Crippen LogP contribution in [0.2, 0.25) is 0 Å². The van der Waals surface area contributed by atoms with E-state index in [0.29, 0.717) is 5.88 Å². The van der Waals surface area contributed by atoms with E-state index < -0.39 is 0 Å². The fraction of sp³-hybridized carbons (Fsp3) is 0.286. The molecule has 0 bridgehead atoms. The summed E-state index contributed by atoms with van der Waals surface area (Å²) in [4.78, 5) is 2.00. The van der Waals surface area contributed by atoms with Gasteiger partial charge in [0, 0.05) is 12.7 Å². The second-order valence-corrected chi connectivity index (χ2v) is 4.36. The molecule has 18 heavy (non-hydrogen) atoms. The van der Waals surface area contributed by atoms with E-state index in [2.05, 4.69) is 41.4 Å². The van der Waals surface area contributed by atoms with Gasteiger partial charge < -0.3 is 4.90 Å². The molecule has 1 heterocycles. The van der Waals surface area contributed by atoms with Gasteiger partial charge in [0.2, 0.25) is 0 Å². The molecule has 0 amide bonds. The first-order valence-electron chi connectivity index (χ1n) is 5.96. The number of benzene rings is 1. The molecule has 0 saturated carbocycles. The molecule has 0 atom stereocenters. The number of hydrogen-bond donors (Lipinski definition) is 0. The lowest BCUT2D eigenvalue weighted by atomic mass is 10.1. The molecule has 0 aliphatic rings. The quantitative estimate of drug-likeness (QED) is 0.789. The summed E-state index contributed by atoms with van der Waals surface area (Å²) in [6.07, 6.45) is 1.05. The van der Waals surface area contributed by atoms with Crippen LogP contribution in [0, 0.1) is 0 Å². The maximum atomic E-state index is 5.69. The standard InChI is InChI=1S/C14H16ClN3/c1-3-11-4-7-13(8-5-11)18(2)14-9-6-12(10-15)16-17-14/h4-9H,3,10H2,1-2H3. The predicted molar refractivity (Wildman–Crippen MR) is 75.5 cm³/mol. The van der Waals surface area contributed by atoms with Crippen LogP contribution in [0.5, 0.6) is 0 Å². The Morgan fingerprint density at radius 1 is 1.06 bits per heavy atom. The van der Waals surface area contributed by atoms with Crippen molar-refractivity contribution in [3.05, 3.63) is 47.7 Å². The molecule has 94 valence electrons. The molecule has 0 spiro atoms. The lowest BCUT2D eigenvalue weighted by molar-refractivity contribution is 0.943. The summed E-state index contributed by atoms with van der Waals surface area (Å²) in [6.45, 7) is 2.15. The molecule has 1 aromatic carbocycles. The number of aryl methyl sites for hydroxylation is 1. The van der Waals surface area contributed by atoms with Crippen molar-refractivity contribution in [2.75, 3.05) is 11.9 Å². The minimum absolute atomic E-state index is 0.391. The van der Waals surface area contributed by atoms with Gasteiger partial charge in [-0.05, 0) is 36.2 Å². The van der Waals surface area contributed by atoms with E-state index in [1.54, 1.807) is 0 Å². The summed E-state index contributed by atoms with van der Waals surface area (Å²) in [5.41, 5.74) is 3.21. The molecule has 0 radical (unpaired) electrons. The van der Waals surface area contributed by atoms with Crippen molar-refractivity contribution in [2.24, 2.45) is 0 Å². The average molecular weight is 262 g/mol. The fourth-order valence-electron chi connectivity index (χ4n) is 1.69. The van der Waals surface area contributed by atoms with Gasteiger partial charge in [0.05, 0.1) is 11.6 Å². The summed E-state index contributed by atoms with van der Waals surface area (Å²) >= 11 is 5.69. The van der Waals surface area contributed by atoms with Crippen molar-refractivity contribution in [2.45, 2.75) is 19.2 Å². The van der Waals surface area contributed by atoms with Gasteiger partial charge in [-0.25, -0.2) is 0 Å². The van der Waals surface area contributed by atoms with Crippen LogP contribution in [-0.2, 0) is 12.3 Å². The molecule has 3 nitrogen and oxygen atoms in total. The molecule has 2 aromatic rings. The van der Waals surface area contributed by atoms with Crippen LogP contribution < -0.4 is 4.90 Å². The van der Waals surface area contributed by atoms with E-state index in [0.717, 1.165) is 23.6 Å². The number of nitrogens with zero attached hydrogens (tertiary/aromatic N) is 3. The zero-order valence-corrected chi connectivity index (χ0v) is 11.4. The van der Waals surface area contributed by atoms with Crippen LogP contribution in [0.15, 0.2) is 36.4 Å². The van der Waals surface area contributed by atoms with Crippen molar-refractivity contribution in [3.8, 4) is 0 Å². The highest BCUT2D eigenvalue weighted by atomic mass is 35.5. The Morgan fingerprint density at radius 2 is 1.78 bits per heavy atom. The van der Waals surface area contributed by atoms with Crippen LogP contribution in [0.4, 0.5) is 11.5 Å². The third-order valence-electron chi connectivity index (χ3n) is 2.92. The zero-order valence-electron chi connectivity index (χ0n) is 10.6. The number of anilines is 2. The Kier molecular flexibility index (Phi) is 4.15. The third-order valence-corrected chi connectivity index (χ3v) is 3.19. The number of halogens is 1. The summed E-state index contributed by atoms with van der Waals surface area (Å²) in [7, 11) is 1.98. The summed E-state index contributed by atoms with van der Waals surface area (Å²) in [5, 5.41) is 8.21. The van der Waals surface area contributed by atoms with Crippen molar-refractivity contribution in [1.29, 1.82) is 0 Å². The van der Waals surface area contributed by atoms with E-state index in [4.69, 9.17) is 11.6 Å². The van der Waals surface area contributed by atoms with Gasteiger partial charge in [0.25, 0.3) is 0 Å². The zero-order chi connectivity index (χ0) is 13.0. The fourth-order valence-corrected chi connectivity index (χ4v) is 1.83. The second kappa shape index (κ2) is 5.83. The van der Waals surface area contributed by atoms with Gasteiger partial charge in [-0.15, -0.1) is 16.7 Å². The highest BCUT2D eigenvalue weighted by molar-refractivity contribution is 6.16. The van der Waals surface area contributed by atoms with E-state index in [9.17, 15) is 0 Å². The van der Waals surface area contributed by atoms with Crippen LogP contribution in [0.3, 0.4) is 0 Å². The maximum absolute atomic E-state index is 5.69. The van der Waals surface area contributed by atoms with Crippen molar-refractivity contribution in [1.82, 2.24) is 10.2 Å². The SMILES string of the molecule is CCc1ccc(N(C)c2ccc(CCl)nn2)cc1. The first-order chi connectivity index (χ1) is 8.74. The van der Waals surface area contributed by atoms with E-state index in [-0.39, 0.29) is 0 Å². The van der Waals surface area contributed by atoms with Gasteiger partial charge in [0.15, 0.2) is 5.82 Å². The summed E-state index contributed by atoms with van der Waals surface area (Å²) < 4.78 is 0. The largest absolute Gasteiger partial charge is 0.328 e. The van der Waals surface area contributed by atoms with Gasteiger partial charge in [-0.3, -0.25) is 0 Å². The molecule has 0 N–H and O–H groups in total. The third kappa shape index (κ3) is 2.79. The number of aromatic nitrogens is 2. The molecular formula is C14H16ClN3. The number of alkyl halides is 1. The molecule has 4 heteroatoms. The van der Waals surface area contributed by atoms with Gasteiger partial charge in [0.1, 0.15) is 0 Å².